The molecular weight excluding hydrogens is 364 g/mol. The van der Waals surface area contributed by atoms with Crippen molar-refractivity contribution in [3.63, 3.8) is 0 Å². The van der Waals surface area contributed by atoms with E-state index in [9.17, 15) is 18.3 Å². The van der Waals surface area contributed by atoms with Crippen LogP contribution in [-0.4, -0.2) is 42.4 Å². The lowest BCUT2D eigenvalue weighted by Gasteiger charge is -2.14. The Labute approximate surface area is 149 Å². The van der Waals surface area contributed by atoms with Gasteiger partial charge in [0, 0.05) is 24.2 Å². The number of aryl methyl sites for hydroxylation is 1. The molecule has 1 atom stereocenters. The second-order valence-corrected chi connectivity index (χ2v) is 9.16. The lowest BCUT2D eigenvalue weighted by atomic mass is 10.1. The summed E-state index contributed by atoms with van der Waals surface area (Å²) in [5.74, 6) is -1.20. The van der Waals surface area contributed by atoms with Gasteiger partial charge in [-0.05, 0) is 37.9 Å². The van der Waals surface area contributed by atoms with Crippen LogP contribution in [-0.2, 0) is 23.0 Å². The molecule has 0 saturated carbocycles. The summed E-state index contributed by atoms with van der Waals surface area (Å²) in [7, 11) is -3.91. The molecule has 0 spiro atoms. The van der Waals surface area contributed by atoms with Crippen molar-refractivity contribution in [3.05, 3.63) is 34.0 Å². The smallest absolute Gasteiger partial charge is 0.338 e. The summed E-state index contributed by atoms with van der Waals surface area (Å²) in [6.45, 7) is 5.02. The van der Waals surface area contributed by atoms with Gasteiger partial charge in [0.25, 0.3) is 10.0 Å². The standard InChI is InChI=1S/C15H20N4O4S2/c1-9-5-17-19(8-9)10(2)6-18-25(22,23)15-13(14(20)21)11-3-4-16-7-12(11)24-15/h5,8,10,16,18H,3-4,6-7H2,1-2H3,(H,20,21). The van der Waals surface area contributed by atoms with Crippen LogP contribution in [0.4, 0.5) is 0 Å². The zero-order valence-corrected chi connectivity index (χ0v) is 15.6. The molecule has 0 fully saturated rings. The van der Waals surface area contributed by atoms with E-state index in [4.69, 9.17) is 0 Å². The molecule has 0 aliphatic carbocycles. The van der Waals surface area contributed by atoms with E-state index < -0.39 is 16.0 Å². The third-order valence-corrected chi connectivity index (χ3v) is 7.28. The number of nitrogens with zero attached hydrogens (tertiary/aromatic N) is 2. The number of thiophene rings is 1. The van der Waals surface area contributed by atoms with Gasteiger partial charge in [0.1, 0.15) is 4.21 Å². The summed E-state index contributed by atoms with van der Waals surface area (Å²) in [4.78, 5) is 12.4. The lowest BCUT2D eigenvalue weighted by Crippen LogP contribution is -2.30. The molecule has 0 amide bonds. The van der Waals surface area contributed by atoms with Gasteiger partial charge in [0.05, 0.1) is 17.8 Å². The van der Waals surface area contributed by atoms with Gasteiger partial charge >= 0.3 is 5.97 Å². The fraction of sp³-hybridized carbons (Fsp3) is 0.467. The van der Waals surface area contributed by atoms with E-state index in [1.54, 1.807) is 10.9 Å². The van der Waals surface area contributed by atoms with E-state index >= 15 is 0 Å². The molecule has 136 valence electrons. The Hall–Kier alpha value is -1.75. The molecule has 2 aromatic heterocycles. The highest BCUT2D eigenvalue weighted by atomic mass is 32.2. The van der Waals surface area contributed by atoms with Crippen molar-refractivity contribution in [3.8, 4) is 0 Å². The van der Waals surface area contributed by atoms with Crippen molar-refractivity contribution in [2.24, 2.45) is 0 Å². The fourth-order valence-electron chi connectivity index (χ4n) is 2.78. The zero-order valence-electron chi connectivity index (χ0n) is 13.9. The molecule has 10 heteroatoms. The van der Waals surface area contributed by atoms with Gasteiger partial charge in [-0.3, -0.25) is 4.68 Å². The number of fused-ring (bicyclic) bond motifs is 1. The van der Waals surface area contributed by atoms with Crippen molar-refractivity contribution >= 4 is 27.3 Å². The van der Waals surface area contributed by atoms with Crippen LogP contribution in [0.15, 0.2) is 16.6 Å². The minimum atomic E-state index is -3.91. The summed E-state index contributed by atoms with van der Waals surface area (Å²) in [5, 5.41) is 16.8. The topological polar surface area (TPSA) is 113 Å². The Morgan fingerprint density at radius 3 is 2.96 bits per heavy atom. The quantitative estimate of drug-likeness (QED) is 0.688. The van der Waals surface area contributed by atoms with Crippen LogP contribution in [0.2, 0.25) is 0 Å². The second-order valence-electron chi connectivity index (χ2n) is 6.10. The highest BCUT2D eigenvalue weighted by molar-refractivity contribution is 7.91. The minimum Gasteiger partial charge on any atom is -0.478 e. The number of sulfonamides is 1. The molecule has 25 heavy (non-hydrogen) atoms. The normalized spacial score (nSPS) is 15.8. The molecule has 0 aromatic carbocycles. The highest BCUT2D eigenvalue weighted by Crippen LogP contribution is 2.34. The predicted molar refractivity (Wildman–Crippen MR) is 93.6 cm³/mol. The monoisotopic (exact) mass is 384 g/mol. The Morgan fingerprint density at radius 2 is 2.32 bits per heavy atom. The fourth-order valence-corrected chi connectivity index (χ4v) is 5.80. The van der Waals surface area contributed by atoms with E-state index in [0.717, 1.165) is 21.8 Å². The number of rotatable bonds is 6. The average Bonchev–Trinajstić information content (AvgIpc) is 3.16. The Bertz CT molecular complexity index is 901. The van der Waals surface area contributed by atoms with Crippen molar-refractivity contribution in [1.29, 1.82) is 0 Å². The maximum Gasteiger partial charge on any atom is 0.338 e. The van der Waals surface area contributed by atoms with Crippen LogP contribution in [0.3, 0.4) is 0 Å². The highest BCUT2D eigenvalue weighted by Gasteiger charge is 2.32. The minimum absolute atomic E-state index is 0.0865. The van der Waals surface area contributed by atoms with Gasteiger partial charge in [-0.2, -0.15) is 5.10 Å². The molecule has 3 N–H and O–H groups in total. The molecule has 3 rings (SSSR count). The van der Waals surface area contributed by atoms with Crippen molar-refractivity contribution in [2.45, 2.75) is 37.1 Å². The van der Waals surface area contributed by atoms with Gasteiger partial charge in [0.15, 0.2) is 0 Å². The summed E-state index contributed by atoms with van der Waals surface area (Å²) < 4.78 is 29.5. The Morgan fingerprint density at radius 1 is 1.56 bits per heavy atom. The molecule has 1 aliphatic heterocycles. The van der Waals surface area contributed by atoms with Crippen LogP contribution in [0.25, 0.3) is 0 Å². The number of carboxylic acid groups (broad SMARTS) is 1. The molecular formula is C15H20N4O4S2. The zero-order chi connectivity index (χ0) is 18.2. The van der Waals surface area contributed by atoms with Crippen LogP contribution in [0.5, 0.6) is 0 Å². The van der Waals surface area contributed by atoms with Crippen molar-refractivity contribution in [1.82, 2.24) is 19.8 Å². The van der Waals surface area contributed by atoms with Crippen molar-refractivity contribution < 1.29 is 18.3 Å². The maximum absolute atomic E-state index is 12.7. The van der Waals surface area contributed by atoms with Crippen LogP contribution >= 0.6 is 11.3 Å². The van der Waals surface area contributed by atoms with E-state index in [0.29, 0.717) is 25.1 Å². The summed E-state index contributed by atoms with van der Waals surface area (Å²) in [5.41, 5.74) is 1.53. The van der Waals surface area contributed by atoms with Crippen LogP contribution < -0.4 is 10.0 Å². The van der Waals surface area contributed by atoms with Crippen molar-refractivity contribution in [2.75, 3.05) is 13.1 Å². The van der Waals surface area contributed by atoms with E-state index in [-0.39, 0.29) is 22.4 Å². The molecule has 0 radical (unpaired) electrons. The molecule has 3 heterocycles. The first kappa shape index (κ1) is 18.1. The van der Waals surface area contributed by atoms with Gasteiger partial charge in [-0.1, -0.05) is 0 Å². The predicted octanol–water partition coefficient (Wildman–Crippen LogP) is 1.14. The Kier molecular flexibility index (Phi) is 4.96. The summed E-state index contributed by atoms with van der Waals surface area (Å²) in [6, 6.07) is -0.187. The molecule has 8 nitrogen and oxygen atoms in total. The maximum atomic E-state index is 12.7. The molecule has 0 saturated heterocycles. The summed E-state index contributed by atoms with van der Waals surface area (Å²) >= 11 is 1.03. The molecule has 1 unspecified atom stereocenters. The number of hydrogen-bond acceptors (Lipinski definition) is 6. The third kappa shape index (κ3) is 3.61. The largest absolute Gasteiger partial charge is 0.478 e. The summed E-state index contributed by atoms with van der Waals surface area (Å²) in [6.07, 6.45) is 4.05. The molecule has 2 aromatic rings. The number of aromatic carboxylic acids is 1. The first-order chi connectivity index (χ1) is 11.8. The van der Waals surface area contributed by atoms with Gasteiger partial charge in [-0.25, -0.2) is 17.9 Å². The van der Waals surface area contributed by atoms with E-state index in [2.05, 4.69) is 15.1 Å². The molecule has 0 bridgehead atoms. The average molecular weight is 384 g/mol. The number of carbonyl (C=O) groups is 1. The van der Waals surface area contributed by atoms with Gasteiger partial charge < -0.3 is 10.4 Å². The van der Waals surface area contributed by atoms with Crippen LogP contribution in [0, 0.1) is 6.92 Å². The van der Waals surface area contributed by atoms with E-state index in [1.165, 1.54) is 0 Å². The number of carboxylic acids is 1. The third-order valence-electron chi connectivity index (χ3n) is 4.10. The Balaban J connectivity index is 1.85. The van der Waals surface area contributed by atoms with Crippen LogP contribution in [0.1, 0.15) is 39.3 Å². The first-order valence-electron chi connectivity index (χ1n) is 7.88. The molecule has 1 aliphatic rings. The lowest BCUT2D eigenvalue weighted by molar-refractivity contribution is 0.0692. The van der Waals surface area contributed by atoms with E-state index in [1.807, 2.05) is 20.0 Å². The SMILES string of the molecule is Cc1cnn(C(C)CNS(=O)(=O)c2sc3c(c2C(=O)O)CCNC3)c1. The van der Waals surface area contributed by atoms with Gasteiger partial charge in [-0.15, -0.1) is 11.3 Å². The second kappa shape index (κ2) is 6.87. The number of nitrogens with one attached hydrogen (secondary N) is 2. The number of hydrogen-bond donors (Lipinski definition) is 3. The first-order valence-corrected chi connectivity index (χ1v) is 10.2. The van der Waals surface area contributed by atoms with Gasteiger partial charge in [0.2, 0.25) is 0 Å². The number of aromatic nitrogens is 2.